The molecule has 84 valence electrons. The molecule has 1 fully saturated rings. The van der Waals surface area contributed by atoms with Crippen molar-refractivity contribution in [2.75, 3.05) is 0 Å². The molecule has 1 aromatic rings. The molecule has 16 heavy (non-hydrogen) atoms. The molecule has 0 spiro atoms. The maximum atomic E-state index is 11.2. The lowest BCUT2D eigenvalue weighted by Gasteiger charge is -2.07. The van der Waals surface area contributed by atoms with E-state index in [1.54, 1.807) is 6.07 Å². The third-order valence-corrected chi connectivity index (χ3v) is 3.04. The van der Waals surface area contributed by atoms with Gasteiger partial charge in [0.25, 0.3) is 0 Å². The van der Waals surface area contributed by atoms with E-state index in [2.05, 4.69) is 4.98 Å². The van der Waals surface area contributed by atoms with Crippen molar-refractivity contribution in [2.24, 2.45) is 5.14 Å². The first-order chi connectivity index (χ1) is 7.52. The van der Waals surface area contributed by atoms with E-state index >= 15 is 0 Å². The second-order valence-corrected chi connectivity index (χ2v) is 5.01. The molecule has 0 unspecified atom stereocenters. The Kier molecular flexibility index (Phi) is 2.53. The molecular weight excluding hydrogens is 230 g/mol. The van der Waals surface area contributed by atoms with Gasteiger partial charge < -0.3 is 4.74 Å². The minimum atomic E-state index is -3.95. The van der Waals surface area contributed by atoms with E-state index in [9.17, 15) is 8.42 Å². The van der Waals surface area contributed by atoms with E-state index in [4.69, 9.17) is 15.1 Å². The Morgan fingerprint density at radius 1 is 1.50 bits per heavy atom. The Bertz CT molecular complexity index is 558. The fourth-order valence-corrected chi connectivity index (χ4v) is 1.84. The highest BCUT2D eigenvalue weighted by Crippen LogP contribution is 2.30. The molecule has 7 heteroatoms. The van der Waals surface area contributed by atoms with Gasteiger partial charge in [0.2, 0.25) is 10.0 Å². The molecule has 0 aliphatic heterocycles. The quantitative estimate of drug-likeness (QED) is 0.807. The van der Waals surface area contributed by atoms with E-state index in [1.807, 2.05) is 0 Å². The number of nitrogens with two attached hydrogens (primary N) is 1. The average Bonchev–Trinajstić information content (AvgIpc) is 3.00. The molecule has 0 saturated heterocycles. The Morgan fingerprint density at radius 2 is 2.19 bits per heavy atom. The number of pyridine rings is 1. The van der Waals surface area contributed by atoms with Crippen LogP contribution in [0.1, 0.15) is 18.4 Å². The average molecular weight is 239 g/mol. The number of nitrogens with zero attached hydrogens (tertiary/aromatic N) is 2. The molecule has 0 amide bonds. The Labute approximate surface area is 92.7 Å². The van der Waals surface area contributed by atoms with Crippen LogP contribution in [-0.4, -0.2) is 19.5 Å². The summed E-state index contributed by atoms with van der Waals surface area (Å²) >= 11 is 0. The largest absolute Gasteiger partial charge is 0.487 e. The molecule has 0 radical (unpaired) electrons. The van der Waals surface area contributed by atoms with Crippen molar-refractivity contribution in [3.63, 3.8) is 0 Å². The Hall–Kier alpha value is -1.65. The summed E-state index contributed by atoms with van der Waals surface area (Å²) in [6.45, 7) is 0. The number of ether oxygens (including phenoxy) is 1. The number of rotatable bonds is 3. The number of nitriles is 1. The predicted octanol–water partition coefficient (Wildman–Crippen LogP) is 0.142. The lowest BCUT2D eigenvalue weighted by atomic mass is 10.3. The van der Waals surface area contributed by atoms with Crippen molar-refractivity contribution in [1.29, 1.82) is 5.26 Å². The first-order valence-electron chi connectivity index (χ1n) is 4.60. The Balaban J connectivity index is 2.50. The minimum absolute atomic E-state index is 0.0598. The van der Waals surface area contributed by atoms with Crippen LogP contribution in [0.25, 0.3) is 0 Å². The maximum absolute atomic E-state index is 11.2. The summed E-state index contributed by atoms with van der Waals surface area (Å²) in [5.74, 6) is 0.177. The van der Waals surface area contributed by atoms with Crippen LogP contribution in [0.2, 0.25) is 0 Å². The van der Waals surface area contributed by atoms with Gasteiger partial charge in [0.15, 0.2) is 5.75 Å². The van der Waals surface area contributed by atoms with Gasteiger partial charge in [-0.2, -0.15) is 5.26 Å². The van der Waals surface area contributed by atoms with Gasteiger partial charge in [0, 0.05) is 6.20 Å². The summed E-state index contributed by atoms with van der Waals surface area (Å²) in [4.78, 5) is 3.41. The van der Waals surface area contributed by atoms with E-state index < -0.39 is 10.0 Å². The molecule has 0 aromatic carbocycles. The van der Waals surface area contributed by atoms with Crippen LogP contribution in [0.15, 0.2) is 17.3 Å². The van der Waals surface area contributed by atoms with Gasteiger partial charge in [-0.15, -0.1) is 0 Å². The first-order valence-corrected chi connectivity index (χ1v) is 6.14. The van der Waals surface area contributed by atoms with Gasteiger partial charge in [-0.3, -0.25) is 4.98 Å². The standard InChI is InChI=1S/C9H9N3O3S/c10-3-7-8(15-6-1-2-6)4-12-5-9(7)16(11,13)14/h4-6H,1-2H2,(H2,11,13,14). The monoisotopic (exact) mass is 239 g/mol. The van der Waals surface area contributed by atoms with Gasteiger partial charge in [0.05, 0.1) is 12.3 Å². The van der Waals surface area contributed by atoms with Crippen molar-refractivity contribution in [3.05, 3.63) is 18.0 Å². The summed E-state index contributed by atoms with van der Waals surface area (Å²) in [7, 11) is -3.95. The van der Waals surface area contributed by atoms with Crippen molar-refractivity contribution in [3.8, 4) is 11.8 Å². The zero-order valence-electron chi connectivity index (χ0n) is 8.25. The molecule has 1 aromatic heterocycles. The predicted molar refractivity (Wildman–Crippen MR) is 54.0 cm³/mol. The highest BCUT2D eigenvalue weighted by molar-refractivity contribution is 7.89. The zero-order valence-corrected chi connectivity index (χ0v) is 9.07. The van der Waals surface area contributed by atoms with Crippen LogP contribution in [0.3, 0.4) is 0 Å². The number of aromatic nitrogens is 1. The van der Waals surface area contributed by atoms with Gasteiger partial charge in [0.1, 0.15) is 16.5 Å². The highest BCUT2D eigenvalue weighted by Gasteiger charge is 2.27. The summed E-state index contributed by atoms with van der Waals surface area (Å²) in [6, 6.07) is 1.78. The second-order valence-electron chi connectivity index (χ2n) is 3.48. The van der Waals surface area contributed by atoms with Crippen LogP contribution >= 0.6 is 0 Å². The van der Waals surface area contributed by atoms with Crippen molar-refractivity contribution in [2.45, 2.75) is 23.8 Å². The molecule has 6 nitrogen and oxygen atoms in total. The summed E-state index contributed by atoms with van der Waals surface area (Å²) in [5, 5.41) is 13.9. The van der Waals surface area contributed by atoms with Crippen molar-refractivity contribution in [1.82, 2.24) is 4.98 Å². The first kappa shape index (κ1) is 10.9. The lowest BCUT2D eigenvalue weighted by molar-refractivity contribution is 0.300. The molecule has 0 atom stereocenters. The van der Waals surface area contributed by atoms with E-state index in [0.29, 0.717) is 0 Å². The smallest absolute Gasteiger partial charge is 0.241 e. The van der Waals surface area contributed by atoms with Gasteiger partial charge in [-0.05, 0) is 12.8 Å². The summed E-state index contributed by atoms with van der Waals surface area (Å²) in [6.07, 6.45) is 4.25. The second kappa shape index (κ2) is 3.73. The third-order valence-electron chi connectivity index (χ3n) is 2.11. The van der Waals surface area contributed by atoms with Crippen LogP contribution < -0.4 is 9.88 Å². The third kappa shape index (κ3) is 2.13. The maximum Gasteiger partial charge on any atom is 0.241 e. The molecule has 1 aliphatic rings. The van der Waals surface area contributed by atoms with E-state index in [-0.39, 0.29) is 22.3 Å². The summed E-state index contributed by atoms with van der Waals surface area (Å²) in [5.41, 5.74) is -0.0793. The zero-order chi connectivity index (χ0) is 11.8. The minimum Gasteiger partial charge on any atom is -0.487 e. The van der Waals surface area contributed by atoms with Gasteiger partial charge in [-0.25, -0.2) is 13.6 Å². The normalized spacial score (nSPS) is 15.5. The van der Waals surface area contributed by atoms with Crippen LogP contribution in [0, 0.1) is 11.3 Å². The molecule has 2 rings (SSSR count). The van der Waals surface area contributed by atoms with Crippen molar-refractivity contribution < 1.29 is 13.2 Å². The van der Waals surface area contributed by atoms with Gasteiger partial charge >= 0.3 is 0 Å². The lowest BCUT2D eigenvalue weighted by Crippen LogP contribution is -2.15. The van der Waals surface area contributed by atoms with Gasteiger partial charge in [-0.1, -0.05) is 0 Å². The Morgan fingerprint density at radius 3 is 2.69 bits per heavy atom. The number of hydrogen-bond acceptors (Lipinski definition) is 5. The van der Waals surface area contributed by atoms with Crippen LogP contribution in [0.5, 0.6) is 5.75 Å². The molecular formula is C9H9N3O3S. The molecule has 2 N–H and O–H groups in total. The molecule has 1 aliphatic carbocycles. The number of primary sulfonamides is 1. The number of hydrogen-bond donors (Lipinski definition) is 1. The van der Waals surface area contributed by atoms with E-state index in [1.165, 1.54) is 6.20 Å². The fourth-order valence-electron chi connectivity index (χ4n) is 1.20. The summed E-state index contributed by atoms with van der Waals surface area (Å²) < 4.78 is 27.8. The number of sulfonamides is 1. The van der Waals surface area contributed by atoms with Crippen molar-refractivity contribution >= 4 is 10.0 Å². The van der Waals surface area contributed by atoms with Crippen LogP contribution in [0.4, 0.5) is 0 Å². The van der Waals surface area contributed by atoms with E-state index in [0.717, 1.165) is 19.0 Å². The molecule has 0 bridgehead atoms. The molecule has 1 saturated carbocycles. The van der Waals surface area contributed by atoms with Crippen LogP contribution in [-0.2, 0) is 10.0 Å². The SMILES string of the molecule is N#Cc1c(OC2CC2)cncc1S(N)(=O)=O. The molecule has 1 heterocycles. The highest BCUT2D eigenvalue weighted by atomic mass is 32.2. The fraction of sp³-hybridized carbons (Fsp3) is 0.333. The topological polar surface area (TPSA) is 106 Å².